The molecule has 5 heteroatoms. The number of esters is 1. The number of carbonyl (C=O) groups is 2. The number of phenols is 1. The Morgan fingerprint density at radius 1 is 1.00 bits per heavy atom. The number of anilines is 1. The van der Waals surface area contributed by atoms with Gasteiger partial charge in [0.2, 0.25) is 0 Å². The summed E-state index contributed by atoms with van der Waals surface area (Å²) in [6, 6.07) is 20.8. The summed E-state index contributed by atoms with van der Waals surface area (Å²) >= 11 is 0. The molecule has 5 nitrogen and oxygen atoms in total. The van der Waals surface area contributed by atoms with Crippen LogP contribution in [0.5, 0.6) is 5.75 Å². The maximum absolute atomic E-state index is 12.5. The summed E-state index contributed by atoms with van der Waals surface area (Å²) in [6.07, 6.45) is 0.147. The fourth-order valence-electron chi connectivity index (χ4n) is 3.18. The zero-order valence-corrected chi connectivity index (χ0v) is 14.4. The number of hydrogen-bond donors (Lipinski definition) is 2. The van der Waals surface area contributed by atoms with Gasteiger partial charge in [-0.15, -0.1) is 0 Å². The molecule has 0 fully saturated rings. The molecule has 1 aliphatic rings. The van der Waals surface area contributed by atoms with E-state index in [1.54, 1.807) is 30.3 Å². The van der Waals surface area contributed by atoms with Gasteiger partial charge in [-0.05, 0) is 41.5 Å². The van der Waals surface area contributed by atoms with E-state index in [9.17, 15) is 14.7 Å². The number of amides is 1. The number of fused-ring (bicyclic) bond motifs is 1. The highest BCUT2D eigenvalue weighted by molar-refractivity contribution is 6.05. The average Bonchev–Trinajstić information content (AvgIpc) is 2.68. The van der Waals surface area contributed by atoms with Crippen LogP contribution in [0.15, 0.2) is 72.8 Å². The first-order valence-corrected chi connectivity index (χ1v) is 8.59. The third-order valence-electron chi connectivity index (χ3n) is 4.52. The quantitative estimate of drug-likeness (QED) is 0.691. The van der Waals surface area contributed by atoms with Crippen LogP contribution in [0.2, 0.25) is 0 Å². The minimum Gasteiger partial charge on any atom is -0.508 e. The predicted octanol–water partition coefficient (Wildman–Crippen LogP) is 4.10. The molecule has 0 spiro atoms. The fourth-order valence-corrected chi connectivity index (χ4v) is 3.18. The van der Waals surface area contributed by atoms with Gasteiger partial charge in [-0.25, -0.2) is 4.79 Å². The van der Waals surface area contributed by atoms with Gasteiger partial charge in [-0.2, -0.15) is 0 Å². The molecule has 0 bridgehead atoms. The second-order valence-corrected chi connectivity index (χ2v) is 6.39. The lowest BCUT2D eigenvalue weighted by molar-refractivity contribution is 0.0252. The van der Waals surface area contributed by atoms with Gasteiger partial charge < -0.3 is 15.2 Å². The SMILES string of the molecule is O=C(Nc1cccc(O)c1)c1ccc2c(c1)CC(c1ccccc1)OC2=O. The Balaban J connectivity index is 1.59. The summed E-state index contributed by atoms with van der Waals surface area (Å²) in [5.41, 5.74) is 3.13. The Morgan fingerprint density at radius 2 is 1.81 bits per heavy atom. The number of rotatable bonds is 3. The maximum Gasteiger partial charge on any atom is 0.339 e. The van der Waals surface area contributed by atoms with Gasteiger partial charge >= 0.3 is 5.97 Å². The van der Waals surface area contributed by atoms with Crippen molar-refractivity contribution in [2.45, 2.75) is 12.5 Å². The first-order valence-electron chi connectivity index (χ1n) is 8.59. The molecule has 0 radical (unpaired) electrons. The zero-order chi connectivity index (χ0) is 18.8. The molecular formula is C22H17NO4. The van der Waals surface area contributed by atoms with Crippen molar-refractivity contribution in [1.29, 1.82) is 0 Å². The molecule has 27 heavy (non-hydrogen) atoms. The fraction of sp³-hybridized carbons (Fsp3) is 0.0909. The molecule has 4 rings (SSSR count). The molecule has 2 N–H and O–H groups in total. The lowest BCUT2D eigenvalue weighted by Gasteiger charge is -2.25. The number of cyclic esters (lactones) is 1. The van der Waals surface area contributed by atoms with E-state index >= 15 is 0 Å². The van der Waals surface area contributed by atoms with Gasteiger partial charge in [0.15, 0.2) is 0 Å². The Labute approximate surface area is 156 Å². The van der Waals surface area contributed by atoms with Crippen LogP contribution in [-0.2, 0) is 11.2 Å². The third kappa shape index (κ3) is 3.53. The normalized spacial score (nSPS) is 15.6. The lowest BCUT2D eigenvalue weighted by atomic mass is 9.93. The van der Waals surface area contributed by atoms with Crippen LogP contribution >= 0.6 is 0 Å². The van der Waals surface area contributed by atoms with Crippen LogP contribution in [-0.4, -0.2) is 17.0 Å². The first-order chi connectivity index (χ1) is 13.1. The molecule has 1 amide bonds. The second kappa shape index (κ2) is 6.96. The third-order valence-corrected chi connectivity index (χ3v) is 4.52. The van der Waals surface area contributed by atoms with Gasteiger partial charge in [0.1, 0.15) is 11.9 Å². The molecule has 1 heterocycles. The number of nitrogens with one attached hydrogen (secondary N) is 1. The molecule has 3 aromatic rings. The van der Waals surface area contributed by atoms with E-state index < -0.39 is 0 Å². The standard InChI is InChI=1S/C22H17NO4/c24-18-8-4-7-17(13-18)23-21(25)15-9-10-19-16(11-15)12-20(27-22(19)26)14-5-2-1-3-6-14/h1-11,13,20,24H,12H2,(H,23,25). The van der Waals surface area contributed by atoms with Crippen LogP contribution in [0.4, 0.5) is 5.69 Å². The van der Waals surface area contributed by atoms with Crippen molar-refractivity contribution in [2.24, 2.45) is 0 Å². The molecule has 1 unspecified atom stereocenters. The van der Waals surface area contributed by atoms with Gasteiger partial charge in [0, 0.05) is 23.7 Å². The van der Waals surface area contributed by atoms with E-state index in [1.165, 1.54) is 12.1 Å². The van der Waals surface area contributed by atoms with Crippen LogP contribution in [0.25, 0.3) is 0 Å². The summed E-state index contributed by atoms with van der Waals surface area (Å²) in [5, 5.41) is 12.3. The van der Waals surface area contributed by atoms with Crippen LogP contribution in [0.3, 0.4) is 0 Å². The Morgan fingerprint density at radius 3 is 2.59 bits per heavy atom. The van der Waals surface area contributed by atoms with Crippen molar-refractivity contribution < 1.29 is 19.4 Å². The summed E-state index contributed by atoms with van der Waals surface area (Å²) in [6.45, 7) is 0. The van der Waals surface area contributed by atoms with Crippen molar-refractivity contribution in [3.05, 3.63) is 95.1 Å². The van der Waals surface area contributed by atoms with E-state index in [4.69, 9.17) is 4.74 Å². The molecular weight excluding hydrogens is 342 g/mol. The number of benzene rings is 3. The summed E-state index contributed by atoms with van der Waals surface area (Å²) in [4.78, 5) is 24.9. The number of aromatic hydroxyl groups is 1. The van der Waals surface area contributed by atoms with Crippen LogP contribution in [0.1, 0.15) is 37.9 Å². The van der Waals surface area contributed by atoms with Crippen molar-refractivity contribution in [3.63, 3.8) is 0 Å². The largest absolute Gasteiger partial charge is 0.508 e. The Bertz CT molecular complexity index is 1010. The lowest BCUT2D eigenvalue weighted by Crippen LogP contribution is -2.23. The first kappa shape index (κ1) is 16.8. The summed E-state index contributed by atoms with van der Waals surface area (Å²) < 4.78 is 5.54. The molecule has 0 saturated carbocycles. The molecule has 0 aliphatic carbocycles. The highest BCUT2D eigenvalue weighted by Gasteiger charge is 2.28. The highest BCUT2D eigenvalue weighted by Crippen LogP contribution is 2.31. The minimum absolute atomic E-state index is 0.0756. The van der Waals surface area contributed by atoms with Crippen molar-refractivity contribution in [3.8, 4) is 5.75 Å². The number of hydrogen-bond acceptors (Lipinski definition) is 4. The molecule has 0 saturated heterocycles. The topological polar surface area (TPSA) is 75.6 Å². The van der Waals surface area contributed by atoms with E-state index in [0.717, 1.165) is 11.1 Å². The predicted molar refractivity (Wildman–Crippen MR) is 101 cm³/mol. The summed E-state index contributed by atoms with van der Waals surface area (Å²) in [7, 11) is 0. The van der Waals surface area contributed by atoms with Crippen molar-refractivity contribution in [2.75, 3.05) is 5.32 Å². The van der Waals surface area contributed by atoms with Crippen molar-refractivity contribution in [1.82, 2.24) is 0 Å². The molecule has 3 aromatic carbocycles. The summed E-state index contributed by atoms with van der Waals surface area (Å²) in [5.74, 6) is -0.615. The van der Waals surface area contributed by atoms with Gasteiger partial charge in [0.05, 0.1) is 5.56 Å². The number of ether oxygens (including phenoxy) is 1. The maximum atomic E-state index is 12.5. The second-order valence-electron chi connectivity index (χ2n) is 6.39. The molecule has 1 aliphatic heterocycles. The Kier molecular flexibility index (Phi) is 4.34. The zero-order valence-electron chi connectivity index (χ0n) is 14.4. The Hall–Kier alpha value is -3.60. The van der Waals surface area contributed by atoms with E-state index in [0.29, 0.717) is 23.2 Å². The van der Waals surface area contributed by atoms with Gasteiger partial charge in [-0.1, -0.05) is 36.4 Å². The van der Waals surface area contributed by atoms with Crippen molar-refractivity contribution >= 4 is 17.6 Å². The molecule has 1 atom stereocenters. The van der Waals surface area contributed by atoms with Crippen LogP contribution in [0, 0.1) is 0 Å². The van der Waals surface area contributed by atoms with Gasteiger partial charge in [-0.3, -0.25) is 4.79 Å². The number of carbonyl (C=O) groups excluding carboxylic acids is 2. The number of phenolic OH excluding ortho intramolecular Hbond substituents is 1. The molecule has 134 valence electrons. The molecule has 0 aromatic heterocycles. The average molecular weight is 359 g/mol. The minimum atomic E-state index is -0.384. The monoisotopic (exact) mass is 359 g/mol. The smallest absolute Gasteiger partial charge is 0.339 e. The van der Waals surface area contributed by atoms with E-state index in [1.807, 2.05) is 30.3 Å². The highest BCUT2D eigenvalue weighted by atomic mass is 16.5. The van der Waals surface area contributed by atoms with E-state index in [-0.39, 0.29) is 23.7 Å². The van der Waals surface area contributed by atoms with Crippen LogP contribution < -0.4 is 5.32 Å². The van der Waals surface area contributed by atoms with Gasteiger partial charge in [0.25, 0.3) is 5.91 Å². The van der Waals surface area contributed by atoms with E-state index in [2.05, 4.69) is 5.32 Å².